The Balaban J connectivity index is 1.54. The second-order valence-corrected chi connectivity index (χ2v) is 5.77. The zero-order chi connectivity index (χ0) is 11.2. The first-order valence-corrected chi connectivity index (χ1v) is 7.36. The van der Waals surface area contributed by atoms with E-state index in [0.717, 1.165) is 30.8 Å². The van der Waals surface area contributed by atoms with Gasteiger partial charge in [-0.15, -0.1) is 0 Å². The summed E-state index contributed by atoms with van der Waals surface area (Å²) >= 11 is 1.84. The van der Waals surface area contributed by atoms with Gasteiger partial charge in [0.2, 0.25) is 0 Å². The molecule has 0 spiro atoms. The quantitative estimate of drug-likeness (QED) is 0.768. The molecule has 2 rings (SSSR count). The standard InChI is InChI=1S/C12H22N2OS/c1-10-8-14-12(16-9-10)13-6-7-15-11-4-2-3-5-11/h10-11H,2-9H2,1H3,(H,13,14). The van der Waals surface area contributed by atoms with Gasteiger partial charge < -0.3 is 10.1 Å². The minimum Gasteiger partial charge on any atom is -0.376 e. The average Bonchev–Trinajstić information content (AvgIpc) is 2.80. The lowest BCUT2D eigenvalue weighted by molar-refractivity contribution is 0.0624. The van der Waals surface area contributed by atoms with Crippen molar-refractivity contribution in [3.8, 4) is 0 Å². The van der Waals surface area contributed by atoms with E-state index in [4.69, 9.17) is 4.74 Å². The van der Waals surface area contributed by atoms with Crippen LogP contribution < -0.4 is 5.32 Å². The van der Waals surface area contributed by atoms with Crippen LogP contribution >= 0.6 is 11.8 Å². The molecule has 0 amide bonds. The number of hydrogen-bond donors (Lipinski definition) is 1. The van der Waals surface area contributed by atoms with E-state index in [9.17, 15) is 0 Å². The third-order valence-corrected chi connectivity index (χ3v) is 4.37. The summed E-state index contributed by atoms with van der Waals surface area (Å²) in [7, 11) is 0. The van der Waals surface area contributed by atoms with E-state index in [-0.39, 0.29) is 0 Å². The maximum atomic E-state index is 5.79. The van der Waals surface area contributed by atoms with Gasteiger partial charge in [0, 0.05) is 18.8 Å². The first kappa shape index (κ1) is 12.2. The Kier molecular flexibility index (Phi) is 4.97. The van der Waals surface area contributed by atoms with Crippen LogP contribution in [0.25, 0.3) is 0 Å². The van der Waals surface area contributed by atoms with Gasteiger partial charge in [-0.3, -0.25) is 4.99 Å². The lowest BCUT2D eigenvalue weighted by atomic mass is 10.2. The van der Waals surface area contributed by atoms with Crippen molar-refractivity contribution < 1.29 is 4.74 Å². The predicted octanol–water partition coefficient (Wildman–Crippen LogP) is 2.27. The maximum absolute atomic E-state index is 5.79. The summed E-state index contributed by atoms with van der Waals surface area (Å²) < 4.78 is 5.79. The summed E-state index contributed by atoms with van der Waals surface area (Å²) in [5.74, 6) is 1.92. The fourth-order valence-corrected chi connectivity index (χ4v) is 3.02. The van der Waals surface area contributed by atoms with Crippen LogP contribution in [0, 0.1) is 5.92 Å². The van der Waals surface area contributed by atoms with Crippen molar-refractivity contribution >= 4 is 16.9 Å². The van der Waals surface area contributed by atoms with Gasteiger partial charge in [0.15, 0.2) is 5.17 Å². The van der Waals surface area contributed by atoms with Gasteiger partial charge >= 0.3 is 0 Å². The third-order valence-electron chi connectivity index (χ3n) is 3.09. The Morgan fingerprint density at radius 3 is 2.94 bits per heavy atom. The molecule has 1 saturated carbocycles. The first-order valence-electron chi connectivity index (χ1n) is 6.37. The highest BCUT2D eigenvalue weighted by Crippen LogP contribution is 2.20. The predicted molar refractivity (Wildman–Crippen MR) is 70.1 cm³/mol. The zero-order valence-corrected chi connectivity index (χ0v) is 10.9. The molecule has 1 unspecified atom stereocenters. The molecule has 0 radical (unpaired) electrons. The Morgan fingerprint density at radius 1 is 1.44 bits per heavy atom. The molecular weight excluding hydrogens is 220 g/mol. The molecule has 3 nitrogen and oxygen atoms in total. The highest BCUT2D eigenvalue weighted by Gasteiger charge is 2.15. The monoisotopic (exact) mass is 242 g/mol. The second-order valence-electron chi connectivity index (χ2n) is 4.77. The Hall–Kier alpha value is -0.220. The molecule has 0 bridgehead atoms. The number of thioether (sulfide) groups is 1. The molecule has 16 heavy (non-hydrogen) atoms. The van der Waals surface area contributed by atoms with Gasteiger partial charge in [-0.2, -0.15) is 0 Å². The zero-order valence-electron chi connectivity index (χ0n) is 10.1. The molecule has 2 aliphatic rings. The summed E-state index contributed by atoms with van der Waals surface area (Å²) in [6.45, 7) is 4.94. The van der Waals surface area contributed by atoms with Crippen LogP contribution in [0.1, 0.15) is 32.6 Å². The van der Waals surface area contributed by atoms with Crippen molar-refractivity contribution in [2.75, 3.05) is 25.4 Å². The lowest BCUT2D eigenvalue weighted by Gasteiger charge is -2.18. The van der Waals surface area contributed by atoms with E-state index >= 15 is 0 Å². The van der Waals surface area contributed by atoms with E-state index < -0.39 is 0 Å². The van der Waals surface area contributed by atoms with E-state index in [1.165, 1.54) is 31.4 Å². The molecule has 1 atom stereocenters. The third kappa shape index (κ3) is 3.98. The average molecular weight is 242 g/mol. The summed E-state index contributed by atoms with van der Waals surface area (Å²) in [6, 6.07) is 0. The van der Waals surface area contributed by atoms with Crippen molar-refractivity contribution in [1.29, 1.82) is 0 Å². The highest BCUT2D eigenvalue weighted by atomic mass is 32.2. The molecule has 0 aromatic rings. The normalized spacial score (nSPS) is 26.8. The van der Waals surface area contributed by atoms with E-state index in [1.54, 1.807) is 0 Å². The first-order chi connectivity index (χ1) is 7.84. The Morgan fingerprint density at radius 2 is 2.25 bits per heavy atom. The highest BCUT2D eigenvalue weighted by molar-refractivity contribution is 8.13. The van der Waals surface area contributed by atoms with Crippen molar-refractivity contribution in [3.05, 3.63) is 0 Å². The van der Waals surface area contributed by atoms with Crippen LogP contribution in [0.5, 0.6) is 0 Å². The molecular formula is C12H22N2OS. The summed E-state index contributed by atoms with van der Waals surface area (Å²) in [4.78, 5) is 4.49. The lowest BCUT2D eigenvalue weighted by Crippen LogP contribution is -2.29. The van der Waals surface area contributed by atoms with Gasteiger partial charge in [0.05, 0.1) is 12.7 Å². The molecule has 0 aromatic heterocycles. The van der Waals surface area contributed by atoms with Gasteiger partial charge in [-0.25, -0.2) is 0 Å². The van der Waals surface area contributed by atoms with Crippen LogP contribution in [0.15, 0.2) is 4.99 Å². The van der Waals surface area contributed by atoms with Gasteiger partial charge in [0.1, 0.15) is 0 Å². The fourth-order valence-electron chi connectivity index (χ4n) is 2.10. The molecule has 1 aliphatic carbocycles. The van der Waals surface area contributed by atoms with Crippen molar-refractivity contribution in [2.45, 2.75) is 38.7 Å². The van der Waals surface area contributed by atoms with E-state index in [2.05, 4.69) is 17.2 Å². The SMILES string of the molecule is CC1CN=C(NCCOC2CCCC2)SC1. The number of nitrogens with one attached hydrogen (secondary N) is 1. The summed E-state index contributed by atoms with van der Waals surface area (Å²) in [5.41, 5.74) is 0. The summed E-state index contributed by atoms with van der Waals surface area (Å²) in [6.07, 6.45) is 5.74. The number of hydrogen-bond acceptors (Lipinski definition) is 4. The topological polar surface area (TPSA) is 33.6 Å². The van der Waals surface area contributed by atoms with Crippen molar-refractivity contribution in [1.82, 2.24) is 5.32 Å². The minimum atomic E-state index is 0.530. The summed E-state index contributed by atoms with van der Waals surface area (Å²) in [5, 5.41) is 4.46. The number of rotatable bonds is 4. The van der Waals surface area contributed by atoms with Crippen LogP contribution in [0.3, 0.4) is 0 Å². The van der Waals surface area contributed by atoms with Gasteiger partial charge in [-0.05, 0) is 18.8 Å². The van der Waals surface area contributed by atoms with Gasteiger partial charge in [-0.1, -0.05) is 31.5 Å². The van der Waals surface area contributed by atoms with Crippen LogP contribution in [-0.4, -0.2) is 36.7 Å². The number of nitrogens with zero attached hydrogens (tertiary/aromatic N) is 1. The number of amidine groups is 1. The van der Waals surface area contributed by atoms with Crippen LogP contribution in [0.2, 0.25) is 0 Å². The van der Waals surface area contributed by atoms with Crippen LogP contribution in [-0.2, 0) is 4.74 Å². The van der Waals surface area contributed by atoms with Crippen molar-refractivity contribution in [2.24, 2.45) is 10.9 Å². The van der Waals surface area contributed by atoms with E-state index in [0.29, 0.717) is 6.10 Å². The number of ether oxygens (including phenoxy) is 1. The molecule has 1 aliphatic heterocycles. The Bertz CT molecular complexity index is 239. The fraction of sp³-hybridized carbons (Fsp3) is 0.917. The van der Waals surface area contributed by atoms with E-state index in [1.807, 2.05) is 11.8 Å². The molecule has 1 heterocycles. The molecule has 1 N–H and O–H groups in total. The maximum Gasteiger partial charge on any atom is 0.156 e. The second kappa shape index (κ2) is 6.50. The number of aliphatic imine (C=N–C) groups is 1. The molecule has 0 saturated heterocycles. The molecule has 4 heteroatoms. The van der Waals surface area contributed by atoms with Crippen LogP contribution in [0.4, 0.5) is 0 Å². The van der Waals surface area contributed by atoms with Gasteiger partial charge in [0.25, 0.3) is 0 Å². The minimum absolute atomic E-state index is 0.530. The smallest absolute Gasteiger partial charge is 0.156 e. The Labute approximate surface area is 102 Å². The largest absolute Gasteiger partial charge is 0.376 e. The molecule has 92 valence electrons. The van der Waals surface area contributed by atoms with Crippen molar-refractivity contribution in [3.63, 3.8) is 0 Å². The molecule has 0 aromatic carbocycles. The molecule has 1 fully saturated rings.